The maximum atomic E-state index is 10.9. The van der Waals surface area contributed by atoms with Crippen molar-refractivity contribution in [3.05, 3.63) is 0 Å². The minimum Gasteiger partial charge on any atom is -0.481 e. The van der Waals surface area contributed by atoms with Gasteiger partial charge in [0.2, 0.25) is 0 Å². The maximum Gasteiger partial charge on any atom is 0.310 e. The van der Waals surface area contributed by atoms with E-state index in [0.717, 1.165) is 25.7 Å². The average Bonchev–Trinajstić information content (AvgIpc) is 2.05. The van der Waals surface area contributed by atoms with Gasteiger partial charge in [0, 0.05) is 5.75 Å². The fourth-order valence-electron chi connectivity index (χ4n) is 1.67. The number of carboxylic acid groups (broad SMARTS) is 1. The van der Waals surface area contributed by atoms with E-state index in [4.69, 9.17) is 5.11 Å². The minimum absolute atomic E-state index is 0.488. The lowest BCUT2D eigenvalue weighted by Crippen LogP contribution is -2.34. The van der Waals surface area contributed by atoms with Crippen LogP contribution in [0, 0.1) is 5.41 Å². The third-order valence-corrected chi connectivity index (χ3v) is 3.17. The second-order valence-corrected chi connectivity index (χ2v) is 3.62. The summed E-state index contributed by atoms with van der Waals surface area (Å²) in [6, 6.07) is 0. The molecule has 0 aromatic carbocycles. The van der Waals surface area contributed by atoms with Gasteiger partial charge in [0.25, 0.3) is 0 Å². The van der Waals surface area contributed by atoms with E-state index < -0.39 is 11.4 Å². The second-order valence-electron chi connectivity index (χ2n) is 3.30. The standard InChI is InChI=1S/C8H14O2S/c9-7(10)8(6-11)4-2-1-3-5-8/h11H,1-6H2,(H,9,10). The molecule has 0 saturated heterocycles. The van der Waals surface area contributed by atoms with Crippen molar-refractivity contribution in [3.63, 3.8) is 0 Å². The third-order valence-electron chi connectivity index (χ3n) is 2.57. The summed E-state index contributed by atoms with van der Waals surface area (Å²) in [6.45, 7) is 0. The highest BCUT2D eigenvalue weighted by atomic mass is 32.1. The van der Waals surface area contributed by atoms with Crippen molar-refractivity contribution in [1.82, 2.24) is 0 Å². The number of thiol groups is 1. The Morgan fingerprint density at radius 2 is 1.91 bits per heavy atom. The van der Waals surface area contributed by atoms with Crippen molar-refractivity contribution in [2.75, 3.05) is 5.75 Å². The molecule has 0 heterocycles. The van der Waals surface area contributed by atoms with Crippen LogP contribution >= 0.6 is 12.6 Å². The molecule has 0 spiro atoms. The molecule has 1 N–H and O–H groups in total. The summed E-state index contributed by atoms with van der Waals surface area (Å²) in [6.07, 6.45) is 4.90. The molecule has 0 amide bonds. The molecule has 0 radical (unpaired) electrons. The second kappa shape index (κ2) is 3.48. The molecular weight excluding hydrogens is 160 g/mol. The first kappa shape index (κ1) is 8.91. The molecule has 1 saturated carbocycles. The molecule has 3 heteroatoms. The Balaban J connectivity index is 2.64. The number of carboxylic acids is 1. The van der Waals surface area contributed by atoms with E-state index in [-0.39, 0.29) is 0 Å². The van der Waals surface area contributed by atoms with E-state index in [2.05, 4.69) is 12.6 Å². The zero-order valence-electron chi connectivity index (χ0n) is 6.55. The van der Waals surface area contributed by atoms with Gasteiger partial charge in [-0.3, -0.25) is 4.79 Å². The first-order chi connectivity index (χ1) is 5.21. The Hall–Kier alpha value is -0.180. The predicted molar refractivity (Wildman–Crippen MR) is 47.0 cm³/mol. The van der Waals surface area contributed by atoms with Crippen LogP contribution in [-0.4, -0.2) is 16.8 Å². The SMILES string of the molecule is O=C(O)C1(CS)CCCCC1. The molecule has 0 atom stereocenters. The van der Waals surface area contributed by atoms with Gasteiger partial charge >= 0.3 is 5.97 Å². The lowest BCUT2D eigenvalue weighted by Gasteiger charge is -2.31. The monoisotopic (exact) mass is 174 g/mol. The Kier molecular flexibility index (Phi) is 2.82. The molecule has 1 aliphatic carbocycles. The van der Waals surface area contributed by atoms with Gasteiger partial charge in [-0.05, 0) is 12.8 Å². The Labute approximate surface area is 72.4 Å². The van der Waals surface area contributed by atoms with Crippen molar-refractivity contribution in [3.8, 4) is 0 Å². The largest absolute Gasteiger partial charge is 0.481 e. The lowest BCUT2D eigenvalue weighted by molar-refractivity contribution is -0.149. The van der Waals surface area contributed by atoms with E-state index in [1.165, 1.54) is 6.42 Å². The smallest absolute Gasteiger partial charge is 0.310 e. The molecular formula is C8H14O2S. The van der Waals surface area contributed by atoms with Crippen molar-refractivity contribution >= 4 is 18.6 Å². The molecule has 11 heavy (non-hydrogen) atoms. The van der Waals surface area contributed by atoms with E-state index >= 15 is 0 Å². The fraction of sp³-hybridized carbons (Fsp3) is 0.875. The first-order valence-corrected chi connectivity index (χ1v) is 4.69. The van der Waals surface area contributed by atoms with Crippen LogP contribution in [0.4, 0.5) is 0 Å². The fourth-order valence-corrected chi connectivity index (χ4v) is 2.12. The highest BCUT2D eigenvalue weighted by Gasteiger charge is 2.37. The number of rotatable bonds is 2. The van der Waals surface area contributed by atoms with Gasteiger partial charge in [0.05, 0.1) is 5.41 Å². The van der Waals surface area contributed by atoms with E-state index in [9.17, 15) is 4.79 Å². The Bertz CT molecular complexity index is 150. The summed E-state index contributed by atoms with van der Waals surface area (Å²) >= 11 is 4.11. The predicted octanol–water partition coefficient (Wildman–Crippen LogP) is 1.95. The molecule has 64 valence electrons. The summed E-state index contributed by atoms with van der Waals surface area (Å²) in [5.74, 6) is -0.172. The van der Waals surface area contributed by atoms with Crippen LogP contribution in [0.1, 0.15) is 32.1 Å². The summed E-state index contributed by atoms with van der Waals surface area (Å²) in [4.78, 5) is 10.9. The summed E-state index contributed by atoms with van der Waals surface area (Å²) in [5, 5.41) is 8.94. The normalized spacial score (nSPS) is 23.0. The molecule has 0 aliphatic heterocycles. The molecule has 2 nitrogen and oxygen atoms in total. The van der Waals surface area contributed by atoms with Crippen LogP contribution in [0.25, 0.3) is 0 Å². The van der Waals surface area contributed by atoms with Gasteiger partial charge in [0.15, 0.2) is 0 Å². The number of aliphatic carboxylic acids is 1. The van der Waals surface area contributed by atoms with Gasteiger partial charge in [-0.1, -0.05) is 19.3 Å². The quantitative estimate of drug-likeness (QED) is 0.628. The molecule has 1 aliphatic rings. The zero-order chi connectivity index (χ0) is 8.32. The van der Waals surface area contributed by atoms with Crippen LogP contribution in [0.3, 0.4) is 0 Å². The van der Waals surface area contributed by atoms with Gasteiger partial charge in [0.1, 0.15) is 0 Å². The molecule has 0 aromatic rings. The zero-order valence-corrected chi connectivity index (χ0v) is 7.44. The number of carbonyl (C=O) groups is 1. The van der Waals surface area contributed by atoms with Gasteiger partial charge in [-0.15, -0.1) is 0 Å². The van der Waals surface area contributed by atoms with Gasteiger partial charge in [-0.25, -0.2) is 0 Å². The van der Waals surface area contributed by atoms with Crippen LogP contribution in [0.5, 0.6) is 0 Å². The highest BCUT2D eigenvalue weighted by Crippen LogP contribution is 2.37. The van der Waals surface area contributed by atoms with Crippen LogP contribution in [0.15, 0.2) is 0 Å². The topological polar surface area (TPSA) is 37.3 Å². The first-order valence-electron chi connectivity index (χ1n) is 4.05. The van der Waals surface area contributed by atoms with E-state index in [1.54, 1.807) is 0 Å². The van der Waals surface area contributed by atoms with Crippen LogP contribution < -0.4 is 0 Å². The van der Waals surface area contributed by atoms with Crippen molar-refractivity contribution in [2.45, 2.75) is 32.1 Å². The third kappa shape index (κ3) is 1.70. The number of hydrogen-bond acceptors (Lipinski definition) is 2. The maximum absolute atomic E-state index is 10.9. The Morgan fingerprint density at radius 3 is 2.18 bits per heavy atom. The van der Waals surface area contributed by atoms with Gasteiger partial charge < -0.3 is 5.11 Å². The molecule has 1 fully saturated rings. The van der Waals surface area contributed by atoms with E-state index in [1.807, 2.05) is 0 Å². The summed E-state index contributed by atoms with van der Waals surface area (Å²) in [7, 11) is 0. The number of hydrogen-bond donors (Lipinski definition) is 2. The van der Waals surface area contributed by atoms with Crippen molar-refractivity contribution in [2.24, 2.45) is 5.41 Å². The lowest BCUT2D eigenvalue weighted by atomic mass is 9.76. The minimum atomic E-state index is -0.660. The Morgan fingerprint density at radius 1 is 1.36 bits per heavy atom. The molecule has 0 unspecified atom stereocenters. The van der Waals surface area contributed by atoms with Crippen LogP contribution in [-0.2, 0) is 4.79 Å². The molecule has 0 aromatic heterocycles. The van der Waals surface area contributed by atoms with E-state index in [0.29, 0.717) is 5.75 Å². The summed E-state index contributed by atoms with van der Waals surface area (Å²) < 4.78 is 0. The average molecular weight is 174 g/mol. The molecule has 1 rings (SSSR count). The highest BCUT2D eigenvalue weighted by molar-refractivity contribution is 7.80. The summed E-state index contributed by atoms with van der Waals surface area (Å²) in [5.41, 5.74) is -0.499. The van der Waals surface area contributed by atoms with Gasteiger partial charge in [-0.2, -0.15) is 12.6 Å². The van der Waals surface area contributed by atoms with Crippen molar-refractivity contribution < 1.29 is 9.90 Å². The molecule has 0 bridgehead atoms. The van der Waals surface area contributed by atoms with Crippen LogP contribution in [0.2, 0.25) is 0 Å². The van der Waals surface area contributed by atoms with Crippen molar-refractivity contribution in [1.29, 1.82) is 0 Å².